The van der Waals surface area contributed by atoms with Crippen molar-refractivity contribution in [3.8, 4) is 5.95 Å². The molecule has 0 aliphatic rings. The van der Waals surface area contributed by atoms with E-state index in [9.17, 15) is 4.79 Å². The van der Waals surface area contributed by atoms with E-state index in [0.717, 1.165) is 16.5 Å². The lowest BCUT2D eigenvalue weighted by molar-refractivity contribution is -0.138. The van der Waals surface area contributed by atoms with Crippen LogP contribution in [-0.2, 0) is 11.2 Å². The van der Waals surface area contributed by atoms with Crippen LogP contribution in [-0.4, -0.2) is 27.2 Å². The molecule has 0 aliphatic carbocycles. The van der Waals surface area contributed by atoms with E-state index in [4.69, 9.17) is 15.9 Å². The highest BCUT2D eigenvalue weighted by molar-refractivity contribution is 5.84. The molecule has 2 aromatic heterocycles. The zero-order chi connectivity index (χ0) is 15.2. The van der Waals surface area contributed by atoms with Crippen LogP contribution in [0.5, 0.6) is 5.95 Å². The molecule has 0 saturated heterocycles. The number of carboxylic acid groups (broad SMARTS) is 1. The van der Waals surface area contributed by atoms with E-state index >= 15 is 0 Å². The topological polar surface area (TPSA) is 112 Å². The van der Waals surface area contributed by atoms with E-state index < -0.39 is 12.0 Å². The van der Waals surface area contributed by atoms with Gasteiger partial charge in [-0.15, -0.1) is 0 Å². The molecule has 110 valence electrons. The van der Waals surface area contributed by atoms with Crippen LogP contribution in [0.2, 0.25) is 0 Å². The lowest BCUT2D eigenvalue weighted by Crippen LogP contribution is -2.32. The summed E-state index contributed by atoms with van der Waals surface area (Å²) < 4.78 is 4.39. The van der Waals surface area contributed by atoms with Crippen molar-refractivity contribution in [3.63, 3.8) is 0 Å². The van der Waals surface area contributed by atoms with Crippen molar-refractivity contribution >= 4 is 16.9 Å². The van der Waals surface area contributed by atoms with Crippen molar-refractivity contribution in [2.24, 2.45) is 5.73 Å². The number of nitrogens with two attached hydrogens (primary N) is 1. The minimum Gasteiger partial charge on any atom is -0.481 e. The molecule has 6 heteroatoms. The van der Waals surface area contributed by atoms with Gasteiger partial charge in [0.25, 0.3) is 5.95 Å². The number of benzene rings is 1. The number of carbonyl (C=O) groups is 1. The number of aromatic nitrogens is 1. The Kier molecular flexibility index (Phi) is 4.63. The van der Waals surface area contributed by atoms with Crippen LogP contribution >= 0.6 is 0 Å². The lowest BCUT2D eigenvalue weighted by atomic mass is 10.1. The highest BCUT2D eigenvalue weighted by Gasteiger charge is 2.14. The van der Waals surface area contributed by atoms with Gasteiger partial charge in [-0.05, 0) is 17.7 Å². The van der Waals surface area contributed by atoms with Crippen LogP contribution in [0.3, 0.4) is 0 Å². The van der Waals surface area contributed by atoms with Gasteiger partial charge in [0.05, 0.1) is 6.26 Å². The van der Waals surface area contributed by atoms with E-state index in [1.165, 1.54) is 12.3 Å². The van der Waals surface area contributed by atoms with Gasteiger partial charge >= 0.3 is 5.97 Å². The fraction of sp³-hybridized carbons (Fsp3) is 0.133. The van der Waals surface area contributed by atoms with Gasteiger partial charge in [-0.2, -0.15) is 0 Å². The quantitative estimate of drug-likeness (QED) is 0.589. The summed E-state index contributed by atoms with van der Waals surface area (Å²) in [6, 6.07) is 10.0. The minimum absolute atomic E-state index is 0.0324. The number of fused-ring (bicyclic) bond motifs is 1. The third-order valence-electron chi connectivity index (χ3n) is 2.94. The Labute approximate surface area is 120 Å². The van der Waals surface area contributed by atoms with E-state index in [0.29, 0.717) is 6.42 Å². The Morgan fingerprint density at radius 3 is 2.62 bits per heavy atom. The molecule has 0 bridgehead atoms. The first kappa shape index (κ1) is 14.7. The molecule has 1 aromatic carbocycles. The van der Waals surface area contributed by atoms with Gasteiger partial charge in [-0.1, -0.05) is 18.2 Å². The molecule has 3 rings (SSSR count). The number of carboxylic acids is 1. The number of furan rings is 1. The predicted molar refractivity (Wildman–Crippen MR) is 78.0 cm³/mol. The fourth-order valence-electron chi connectivity index (χ4n) is 1.89. The third kappa shape index (κ3) is 3.87. The Morgan fingerprint density at radius 2 is 2.05 bits per heavy atom. The summed E-state index contributed by atoms with van der Waals surface area (Å²) in [5.74, 6) is -1.00. The van der Waals surface area contributed by atoms with Gasteiger partial charge in [0.1, 0.15) is 6.04 Å². The van der Waals surface area contributed by atoms with Crippen LogP contribution in [0.15, 0.2) is 53.3 Å². The Hall–Kier alpha value is -2.73. The van der Waals surface area contributed by atoms with Crippen molar-refractivity contribution in [3.05, 3.63) is 54.4 Å². The average molecular weight is 288 g/mol. The molecular weight excluding hydrogens is 272 g/mol. The summed E-state index contributed by atoms with van der Waals surface area (Å²) in [6.07, 6.45) is 3.57. The lowest BCUT2D eigenvalue weighted by Gasteiger charge is -2.04. The van der Waals surface area contributed by atoms with Crippen LogP contribution in [0.1, 0.15) is 5.56 Å². The zero-order valence-corrected chi connectivity index (χ0v) is 11.2. The van der Waals surface area contributed by atoms with Gasteiger partial charge in [0, 0.05) is 29.6 Å². The normalized spacial score (nSPS) is 11.7. The second-order valence-corrected chi connectivity index (χ2v) is 4.46. The predicted octanol–water partition coefficient (Wildman–Crippen LogP) is 2.11. The largest absolute Gasteiger partial charge is 0.481 e. The molecule has 5 N–H and O–H groups in total. The maximum Gasteiger partial charge on any atom is 0.320 e. The highest BCUT2D eigenvalue weighted by Crippen LogP contribution is 2.18. The summed E-state index contributed by atoms with van der Waals surface area (Å²) in [7, 11) is 0. The monoisotopic (exact) mass is 288 g/mol. The minimum atomic E-state index is -0.972. The third-order valence-corrected chi connectivity index (χ3v) is 2.94. The Balaban J connectivity index is 0.000000225. The van der Waals surface area contributed by atoms with E-state index in [1.54, 1.807) is 6.07 Å². The number of hydrogen-bond acceptors (Lipinski definition) is 4. The number of rotatable bonds is 3. The van der Waals surface area contributed by atoms with E-state index in [1.807, 2.05) is 30.5 Å². The first-order chi connectivity index (χ1) is 10.1. The molecule has 1 unspecified atom stereocenters. The maximum atomic E-state index is 10.6. The second-order valence-electron chi connectivity index (χ2n) is 4.46. The van der Waals surface area contributed by atoms with Gasteiger partial charge in [-0.25, -0.2) is 0 Å². The molecule has 21 heavy (non-hydrogen) atoms. The number of hydrogen-bond donors (Lipinski definition) is 4. The molecule has 0 radical (unpaired) electrons. The highest BCUT2D eigenvalue weighted by atomic mass is 16.5. The molecule has 0 fully saturated rings. The number of para-hydroxylation sites is 1. The molecule has 0 aliphatic heterocycles. The summed E-state index contributed by atoms with van der Waals surface area (Å²) in [5.41, 5.74) is 7.43. The Morgan fingerprint density at radius 1 is 1.29 bits per heavy atom. The molecule has 0 amide bonds. The van der Waals surface area contributed by atoms with Crippen LogP contribution in [0, 0.1) is 0 Å². The molecular formula is C15H16N2O4. The van der Waals surface area contributed by atoms with Crippen LogP contribution < -0.4 is 5.73 Å². The van der Waals surface area contributed by atoms with Crippen molar-refractivity contribution in [1.82, 2.24) is 4.98 Å². The molecule has 2 heterocycles. The van der Waals surface area contributed by atoms with Crippen molar-refractivity contribution in [1.29, 1.82) is 0 Å². The number of aromatic hydroxyl groups is 1. The molecule has 3 aromatic rings. The summed E-state index contributed by atoms with van der Waals surface area (Å²) >= 11 is 0. The first-order valence-electron chi connectivity index (χ1n) is 6.34. The molecule has 6 nitrogen and oxygen atoms in total. The van der Waals surface area contributed by atoms with Gasteiger partial charge < -0.3 is 25.3 Å². The number of aromatic amines is 1. The smallest absolute Gasteiger partial charge is 0.320 e. The van der Waals surface area contributed by atoms with Crippen LogP contribution in [0.25, 0.3) is 10.9 Å². The molecule has 0 spiro atoms. The maximum absolute atomic E-state index is 10.6. The zero-order valence-electron chi connectivity index (χ0n) is 11.2. The molecule has 0 saturated carbocycles. The van der Waals surface area contributed by atoms with E-state index in [2.05, 4.69) is 9.40 Å². The summed E-state index contributed by atoms with van der Waals surface area (Å²) in [4.78, 5) is 13.7. The Bertz CT molecular complexity index is 703. The number of aliphatic carboxylic acids is 1. The number of nitrogens with one attached hydrogen (secondary N) is 1. The number of H-pyrrole nitrogens is 1. The van der Waals surface area contributed by atoms with Crippen LogP contribution in [0.4, 0.5) is 0 Å². The fourth-order valence-corrected chi connectivity index (χ4v) is 1.89. The van der Waals surface area contributed by atoms with Crippen molar-refractivity contribution in [2.75, 3.05) is 0 Å². The second kappa shape index (κ2) is 6.62. The molecule has 1 atom stereocenters. The van der Waals surface area contributed by atoms with Gasteiger partial charge in [-0.3, -0.25) is 4.79 Å². The summed E-state index contributed by atoms with van der Waals surface area (Å²) in [6.45, 7) is 0. The standard InChI is InChI=1S/C11H12N2O2.C4H4O2/c12-9(11(14)15)5-7-6-13-10-4-2-1-3-8(7)10;5-4-2-1-3-6-4/h1-4,6,9,13H,5,12H2,(H,14,15);1-3,5H. The van der Waals surface area contributed by atoms with Crippen molar-refractivity contribution < 1.29 is 19.4 Å². The SMILES string of the molecule is NC(Cc1c[nH]c2ccccc12)C(=O)O.Oc1ccco1. The summed E-state index contributed by atoms with van der Waals surface area (Å²) in [5, 5.41) is 18.1. The van der Waals surface area contributed by atoms with Gasteiger partial charge in [0.2, 0.25) is 0 Å². The van der Waals surface area contributed by atoms with Crippen molar-refractivity contribution in [2.45, 2.75) is 12.5 Å². The average Bonchev–Trinajstić information content (AvgIpc) is 3.09. The van der Waals surface area contributed by atoms with E-state index in [-0.39, 0.29) is 5.95 Å². The van der Waals surface area contributed by atoms with Gasteiger partial charge in [0.15, 0.2) is 0 Å². The first-order valence-corrected chi connectivity index (χ1v) is 6.34.